The highest BCUT2D eigenvalue weighted by atomic mass is 16.5. The van der Waals surface area contributed by atoms with E-state index in [1.807, 2.05) is 0 Å². The van der Waals surface area contributed by atoms with Crippen molar-refractivity contribution in [3.05, 3.63) is 0 Å². The van der Waals surface area contributed by atoms with Gasteiger partial charge in [0, 0.05) is 7.11 Å². The maximum Gasteiger partial charge on any atom is 0.151 e. The monoisotopic (exact) mass is 178 g/mol. The lowest BCUT2D eigenvalue weighted by Gasteiger charge is -2.24. The molecule has 12 heavy (non-hydrogen) atoms. The van der Waals surface area contributed by atoms with Crippen LogP contribution in [0.3, 0.4) is 0 Å². The molecule has 0 heterocycles. The molecule has 0 aromatic rings. The molecule has 0 saturated carbocycles. The third kappa shape index (κ3) is 2.86. The molecule has 0 bridgehead atoms. The Morgan fingerprint density at radius 1 is 1.33 bits per heavy atom. The molecule has 0 aromatic heterocycles. The molecule has 0 aliphatic rings. The quantitative estimate of drug-likeness (QED) is 0.437. The molecule has 0 saturated heterocycles. The molecule has 0 aliphatic carbocycles. The van der Waals surface area contributed by atoms with Crippen molar-refractivity contribution >= 4 is 6.29 Å². The first-order chi connectivity index (χ1) is 5.54. The van der Waals surface area contributed by atoms with Crippen LogP contribution in [-0.4, -0.2) is 53.1 Å². The highest BCUT2D eigenvalue weighted by Gasteiger charge is 2.29. The van der Waals surface area contributed by atoms with E-state index in [4.69, 9.17) is 10.2 Å². The van der Waals surface area contributed by atoms with Crippen molar-refractivity contribution in [3.8, 4) is 0 Å². The van der Waals surface area contributed by atoms with E-state index < -0.39 is 24.4 Å². The van der Waals surface area contributed by atoms with Gasteiger partial charge >= 0.3 is 0 Å². The first-order valence-corrected chi connectivity index (χ1v) is 3.56. The summed E-state index contributed by atoms with van der Waals surface area (Å²) in [6, 6.07) is 0. The largest absolute Gasteiger partial charge is 0.391 e. The Kier molecular flexibility index (Phi) is 5.00. The molecule has 0 spiro atoms. The minimum absolute atomic E-state index is 0.250. The maximum absolute atomic E-state index is 10.1. The van der Waals surface area contributed by atoms with Gasteiger partial charge in [-0.2, -0.15) is 0 Å². The van der Waals surface area contributed by atoms with E-state index in [9.17, 15) is 9.90 Å². The summed E-state index contributed by atoms with van der Waals surface area (Å²) in [6.45, 7) is 1.34. The Bertz CT molecular complexity index is 136. The molecular formula is C7H14O5. The van der Waals surface area contributed by atoms with Crippen molar-refractivity contribution in [2.45, 2.75) is 31.3 Å². The number of carbonyl (C=O) groups is 1. The number of aliphatic hydroxyl groups is 3. The number of hydrogen-bond donors (Lipinski definition) is 3. The number of aliphatic hydroxyl groups excluding tert-OH is 3. The van der Waals surface area contributed by atoms with E-state index >= 15 is 0 Å². The zero-order valence-electron chi connectivity index (χ0n) is 7.04. The average Bonchev–Trinajstić information content (AvgIpc) is 2.05. The Labute approximate surface area is 70.6 Å². The lowest BCUT2D eigenvalue weighted by Crippen LogP contribution is -2.45. The number of rotatable bonds is 5. The van der Waals surface area contributed by atoms with Crippen LogP contribution in [0.5, 0.6) is 0 Å². The highest BCUT2D eigenvalue weighted by Crippen LogP contribution is 2.06. The van der Waals surface area contributed by atoms with Gasteiger partial charge < -0.3 is 24.9 Å². The summed E-state index contributed by atoms with van der Waals surface area (Å²) in [5.74, 6) is 0. The van der Waals surface area contributed by atoms with E-state index in [2.05, 4.69) is 4.74 Å². The van der Waals surface area contributed by atoms with Crippen LogP contribution < -0.4 is 0 Å². The molecule has 5 heteroatoms. The molecule has 0 aliphatic heterocycles. The second kappa shape index (κ2) is 5.21. The van der Waals surface area contributed by atoms with Crippen LogP contribution in [0.25, 0.3) is 0 Å². The summed E-state index contributed by atoms with van der Waals surface area (Å²) in [5.41, 5.74) is 0. The zero-order chi connectivity index (χ0) is 9.72. The van der Waals surface area contributed by atoms with Crippen LogP contribution in [0.1, 0.15) is 6.92 Å². The Balaban J connectivity index is 4.22. The van der Waals surface area contributed by atoms with Crippen LogP contribution in [0.15, 0.2) is 0 Å². The topological polar surface area (TPSA) is 87.0 Å². The number of ether oxygens (including phenoxy) is 1. The molecule has 0 radical (unpaired) electrons. The summed E-state index contributed by atoms with van der Waals surface area (Å²) in [6.07, 6.45) is -4.57. The molecular weight excluding hydrogens is 164 g/mol. The molecule has 0 rings (SSSR count). The molecule has 0 aromatic carbocycles. The van der Waals surface area contributed by atoms with Crippen molar-refractivity contribution in [2.24, 2.45) is 0 Å². The highest BCUT2D eigenvalue weighted by molar-refractivity contribution is 5.56. The molecule has 3 N–H and O–H groups in total. The number of aldehydes is 1. The van der Waals surface area contributed by atoms with Gasteiger partial charge in [-0.3, -0.25) is 0 Å². The number of hydrogen-bond acceptors (Lipinski definition) is 5. The van der Waals surface area contributed by atoms with Gasteiger partial charge in [-0.15, -0.1) is 0 Å². The predicted octanol–water partition coefficient (Wildman–Crippen LogP) is -1.70. The van der Waals surface area contributed by atoms with Gasteiger partial charge in [-0.25, -0.2) is 0 Å². The molecule has 0 amide bonds. The van der Waals surface area contributed by atoms with Crippen LogP contribution in [-0.2, 0) is 9.53 Å². The van der Waals surface area contributed by atoms with E-state index in [0.717, 1.165) is 0 Å². The van der Waals surface area contributed by atoms with Crippen molar-refractivity contribution in [2.75, 3.05) is 7.11 Å². The second-order valence-electron chi connectivity index (χ2n) is 2.56. The van der Waals surface area contributed by atoms with Gasteiger partial charge in [0.2, 0.25) is 0 Å². The normalized spacial score (nSPS) is 21.1. The molecule has 0 fully saturated rings. The summed E-state index contributed by atoms with van der Waals surface area (Å²) in [7, 11) is 1.24. The van der Waals surface area contributed by atoms with E-state index in [0.29, 0.717) is 0 Å². The van der Waals surface area contributed by atoms with Crippen molar-refractivity contribution in [3.63, 3.8) is 0 Å². The third-order valence-corrected chi connectivity index (χ3v) is 1.58. The number of carbonyl (C=O) groups excluding carboxylic acids is 1. The van der Waals surface area contributed by atoms with E-state index in [1.54, 1.807) is 0 Å². The molecule has 72 valence electrons. The minimum Gasteiger partial charge on any atom is -0.391 e. The van der Waals surface area contributed by atoms with E-state index in [-0.39, 0.29) is 6.29 Å². The Morgan fingerprint density at radius 3 is 2.08 bits per heavy atom. The van der Waals surface area contributed by atoms with Gasteiger partial charge in [0.25, 0.3) is 0 Å². The van der Waals surface area contributed by atoms with Crippen molar-refractivity contribution < 1.29 is 24.9 Å². The molecule has 5 nitrogen and oxygen atoms in total. The summed E-state index contributed by atoms with van der Waals surface area (Å²) >= 11 is 0. The summed E-state index contributed by atoms with van der Waals surface area (Å²) in [4.78, 5) is 10.1. The van der Waals surface area contributed by atoms with Gasteiger partial charge in [0.1, 0.15) is 18.3 Å². The van der Waals surface area contributed by atoms with Crippen molar-refractivity contribution in [1.29, 1.82) is 0 Å². The van der Waals surface area contributed by atoms with E-state index in [1.165, 1.54) is 14.0 Å². The van der Waals surface area contributed by atoms with Crippen LogP contribution in [0.2, 0.25) is 0 Å². The van der Waals surface area contributed by atoms with Crippen LogP contribution in [0, 0.1) is 0 Å². The summed E-state index contributed by atoms with van der Waals surface area (Å²) < 4.78 is 4.63. The maximum atomic E-state index is 10.1. The van der Waals surface area contributed by atoms with Gasteiger partial charge in [0.15, 0.2) is 6.29 Å². The van der Waals surface area contributed by atoms with Gasteiger partial charge in [0.05, 0.1) is 6.10 Å². The first-order valence-electron chi connectivity index (χ1n) is 3.56. The first kappa shape index (κ1) is 11.5. The van der Waals surface area contributed by atoms with Gasteiger partial charge in [-0.1, -0.05) is 0 Å². The minimum atomic E-state index is -1.42. The average molecular weight is 178 g/mol. The van der Waals surface area contributed by atoms with Crippen LogP contribution in [0.4, 0.5) is 0 Å². The SMILES string of the molecule is CO[C@@H]([C@H](O)[C@@H](C)O)[C@H](O)C=O. The summed E-state index contributed by atoms with van der Waals surface area (Å²) in [5, 5.41) is 27.1. The van der Waals surface area contributed by atoms with Crippen molar-refractivity contribution in [1.82, 2.24) is 0 Å². The Hall–Kier alpha value is -0.490. The van der Waals surface area contributed by atoms with Crippen LogP contribution >= 0.6 is 0 Å². The number of methoxy groups -OCH3 is 1. The standard InChI is InChI=1S/C7H14O5/c1-4(9)6(11)7(12-2)5(10)3-8/h3-7,9-11H,1-2H3/t4-,5-,6-,7-/m1/s1. The Morgan fingerprint density at radius 2 is 1.83 bits per heavy atom. The smallest absolute Gasteiger partial charge is 0.151 e. The van der Waals surface area contributed by atoms with Gasteiger partial charge in [-0.05, 0) is 6.92 Å². The predicted molar refractivity (Wildman–Crippen MR) is 40.6 cm³/mol. The lowest BCUT2D eigenvalue weighted by molar-refractivity contribution is -0.138. The fourth-order valence-electron chi connectivity index (χ4n) is 0.833. The molecule has 0 unspecified atom stereocenters. The second-order valence-corrected chi connectivity index (χ2v) is 2.56. The fraction of sp³-hybridized carbons (Fsp3) is 0.857. The zero-order valence-corrected chi connectivity index (χ0v) is 7.04. The molecule has 4 atom stereocenters. The lowest BCUT2D eigenvalue weighted by atomic mass is 10.1. The fourth-order valence-corrected chi connectivity index (χ4v) is 0.833. The third-order valence-electron chi connectivity index (χ3n) is 1.58.